The van der Waals surface area contributed by atoms with E-state index in [1.165, 1.54) is 6.42 Å². The summed E-state index contributed by atoms with van der Waals surface area (Å²) < 4.78 is 5.81. The number of hydrogen-bond donors (Lipinski definition) is 2. The summed E-state index contributed by atoms with van der Waals surface area (Å²) in [4.78, 5) is 29.7. The Labute approximate surface area is 251 Å². The Morgan fingerprint density at radius 2 is 2.00 bits per heavy atom. The van der Waals surface area contributed by atoms with E-state index in [1.807, 2.05) is 58.9 Å². The number of carbonyl (C=O) groups is 1. The lowest BCUT2D eigenvalue weighted by molar-refractivity contribution is -0.121. The lowest BCUT2D eigenvalue weighted by Gasteiger charge is -2.36. The first-order valence-electron chi connectivity index (χ1n) is 14.7. The number of amides is 1. The number of amidine groups is 2. The molecule has 0 bridgehead atoms. The molecule has 1 amide bonds. The third kappa shape index (κ3) is 9.02. The highest BCUT2D eigenvalue weighted by molar-refractivity contribution is 6.37. The molecule has 9 heteroatoms. The van der Waals surface area contributed by atoms with Crippen molar-refractivity contribution in [2.24, 2.45) is 9.98 Å². The minimum Gasteiger partial charge on any atom is -0.375 e. The fourth-order valence-corrected chi connectivity index (χ4v) is 4.93. The van der Waals surface area contributed by atoms with Crippen molar-refractivity contribution >= 4 is 34.8 Å². The molecule has 0 aliphatic carbocycles. The van der Waals surface area contributed by atoms with Gasteiger partial charge in [0.05, 0.1) is 5.60 Å². The van der Waals surface area contributed by atoms with E-state index in [2.05, 4.69) is 50.1 Å². The topological polar surface area (TPSA) is 87.6 Å². The lowest BCUT2D eigenvalue weighted by Crippen LogP contribution is -2.44. The number of ether oxygens (including phenoxy) is 1. The van der Waals surface area contributed by atoms with Gasteiger partial charge in [0, 0.05) is 46.5 Å². The fraction of sp³-hybridized carbons (Fsp3) is 0.531. The van der Waals surface area contributed by atoms with Crippen molar-refractivity contribution in [2.75, 3.05) is 13.2 Å². The number of rotatable bonds is 6. The third-order valence-electron chi connectivity index (χ3n) is 6.39. The second kappa shape index (κ2) is 15.9. The van der Waals surface area contributed by atoms with Gasteiger partial charge in [-0.25, -0.2) is 20.3 Å². The standard InChI is InChI=1S/C27H34ClN5O3.C3H8.C2H6/c1-7-18-13-22(21-10-9-19(14-23(21)28)24-31-17(4)36-32-24)26(34)33(8-2)25(18)30-16(3)29-20-11-12-35-27(5,6)15-20;1-3-2;1-2/h7,9-10,13-14,17,20,29H,3,8,11-12,15H2,1-2,4-6H3,(H,31,32);3H2,1-2H3;1-2H3/b18-7-,30-25+;;. The van der Waals surface area contributed by atoms with E-state index in [9.17, 15) is 4.79 Å². The summed E-state index contributed by atoms with van der Waals surface area (Å²) in [5, 5.41) is 3.87. The third-order valence-corrected chi connectivity index (χ3v) is 6.71. The van der Waals surface area contributed by atoms with E-state index in [0.29, 0.717) is 46.8 Å². The van der Waals surface area contributed by atoms with Crippen molar-refractivity contribution in [3.63, 3.8) is 0 Å². The molecule has 0 spiro atoms. The van der Waals surface area contributed by atoms with E-state index in [1.54, 1.807) is 11.0 Å². The maximum Gasteiger partial charge on any atom is 0.260 e. The molecule has 1 aromatic carbocycles. The van der Waals surface area contributed by atoms with Gasteiger partial charge < -0.3 is 10.1 Å². The van der Waals surface area contributed by atoms with Gasteiger partial charge in [0.2, 0.25) is 0 Å². The number of nitrogens with zero attached hydrogens (tertiary/aromatic N) is 3. The quantitative estimate of drug-likeness (QED) is 0.374. The number of likely N-dealkylation sites (N-methyl/N-ethyl adjacent to an activating group) is 1. The van der Waals surface area contributed by atoms with Gasteiger partial charge in [-0.15, -0.1) is 0 Å². The van der Waals surface area contributed by atoms with Crippen LogP contribution in [0.4, 0.5) is 0 Å². The normalized spacial score (nSPS) is 23.5. The van der Waals surface area contributed by atoms with Crippen LogP contribution in [0.2, 0.25) is 5.02 Å². The Balaban J connectivity index is 0.00000110. The molecule has 0 saturated carbocycles. The van der Waals surface area contributed by atoms with E-state index in [-0.39, 0.29) is 23.8 Å². The van der Waals surface area contributed by atoms with Gasteiger partial charge >= 0.3 is 0 Å². The molecule has 2 atom stereocenters. The van der Waals surface area contributed by atoms with Crippen LogP contribution in [-0.2, 0) is 14.4 Å². The molecule has 0 radical (unpaired) electrons. The number of aliphatic imine (C=N–C) groups is 2. The molecule has 3 aliphatic rings. The van der Waals surface area contributed by atoms with Crippen molar-refractivity contribution < 1.29 is 14.4 Å². The molecule has 3 aliphatic heterocycles. The highest BCUT2D eigenvalue weighted by Crippen LogP contribution is 2.32. The van der Waals surface area contributed by atoms with Crippen molar-refractivity contribution in [1.82, 2.24) is 15.7 Å². The maximum atomic E-state index is 13.6. The number of carbonyl (C=O) groups excluding carboxylic acids is 1. The first-order valence-corrected chi connectivity index (χ1v) is 15.1. The van der Waals surface area contributed by atoms with Crippen LogP contribution in [0.5, 0.6) is 0 Å². The largest absolute Gasteiger partial charge is 0.375 e. The van der Waals surface area contributed by atoms with Gasteiger partial charge in [0.25, 0.3) is 5.91 Å². The second-order valence-corrected chi connectivity index (χ2v) is 10.8. The van der Waals surface area contributed by atoms with Crippen LogP contribution in [-0.4, -0.2) is 53.5 Å². The lowest BCUT2D eigenvalue weighted by atomic mass is 9.94. The van der Waals surface area contributed by atoms with E-state index < -0.39 is 0 Å². The van der Waals surface area contributed by atoms with Crippen LogP contribution >= 0.6 is 11.6 Å². The number of nitrogens with one attached hydrogen (secondary N) is 2. The predicted octanol–water partition coefficient (Wildman–Crippen LogP) is 7.02. The monoisotopic (exact) mass is 585 g/mol. The zero-order valence-electron chi connectivity index (χ0n) is 26.2. The number of hydroxylamine groups is 1. The number of benzene rings is 1. The number of halogens is 1. The van der Waals surface area contributed by atoms with Crippen molar-refractivity contribution in [3.05, 3.63) is 64.5 Å². The average molecular weight is 586 g/mol. The van der Waals surface area contributed by atoms with Crippen molar-refractivity contribution in [2.45, 2.75) is 99.4 Å². The maximum absolute atomic E-state index is 13.6. The molecular formula is C32H48ClN5O3. The van der Waals surface area contributed by atoms with Gasteiger partial charge in [-0.3, -0.25) is 9.69 Å². The first-order chi connectivity index (χ1) is 19.5. The fourth-order valence-electron chi connectivity index (χ4n) is 4.64. The SMILES string of the molecule is C=C(/N=C1\C(=C/C)C=C(c2ccc(C3=NC(C)ON3)cc2Cl)C(=O)N1CC)NC1CCOC(C)(C)C1.CC.CCC. The van der Waals surface area contributed by atoms with E-state index in [4.69, 9.17) is 26.2 Å². The van der Waals surface area contributed by atoms with Crippen LogP contribution in [0.3, 0.4) is 0 Å². The van der Waals surface area contributed by atoms with Crippen LogP contribution in [0.1, 0.15) is 92.7 Å². The molecule has 226 valence electrons. The Bertz CT molecular complexity index is 1200. The zero-order valence-corrected chi connectivity index (χ0v) is 27.0. The molecule has 3 heterocycles. The summed E-state index contributed by atoms with van der Waals surface area (Å²) in [6, 6.07) is 5.71. The molecule has 8 nitrogen and oxygen atoms in total. The Morgan fingerprint density at radius 3 is 2.54 bits per heavy atom. The number of allylic oxidation sites excluding steroid dienone is 1. The van der Waals surface area contributed by atoms with E-state index in [0.717, 1.165) is 24.0 Å². The molecule has 1 fully saturated rings. The van der Waals surface area contributed by atoms with Crippen molar-refractivity contribution in [3.8, 4) is 0 Å². The molecule has 0 aromatic heterocycles. The molecular weight excluding hydrogens is 538 g/mol. The van der Waals surface area contributed by atoms with Gasteiger partial charge in [-0.05, 0) is 59.6 Å². The molecule has 41 heavy (non-hydrogen) atoms. The highest BCUT2D eigenvalue weighted by atomic mass is 35.5. The zero-order chi connectivity index (χ0) is 30.7. The Kier molecular flexibility index (Phi) is 13.3. The summed E-state index contributed by atoms with van der Waals surface area (Å²) in [6.07, 6.45) is 6.50. The summed E-state index contributed by atoms with van der Waals surface area (Å²) in [5.41, 5.74) is 5.39. The molecule has 2 N–H and O–H groups in total. The molecule has 2 unspecified atom stereocenters. The minimum atomic E-state index is -0.267. The molecule has 1 saturated heterocycles. The van der Waals surface area contributed by atoms with Gasteiger partial charge in [0.1, 0.15) is 11.7 Å². The second-order valence-electron chi connectivity index (χ2n) is 10.4. The van der Waals surface area contributed by atoms with Crippen LogP contribution < -0.4 is 10.8 Å². The summed E-state index contributed by atoms with van der Waals surface area (Å²) >= 11 is 6.66. The predicted molar refractivity (Wildman–Crippen MR) is 171 cm³/mol. The first kappa shape index (κ1) is 34.3. The summed E-state index contributed by atoms with van der Waals surface area (Å²) in [6.45, 7) is 23.4. The van der Waals surface area contributed by atoms with E-state index >= 15 is 0 Å². The van der Waals surface area contributed by atoms with Crippen molar-refractivity contribution in [1.29, 1.82) is 0 Å². The van der Waals surface area contributed by atoms with Gasteiger partial charge in [0.15, 0.2) is 12.1 Å². The van der Waals surface area contributed by atoms with Gasteiger partial charge in [-0.1, -0.05) is 70.5 Å². The number of hydrogen-bond acceptors (Lipinski definition) is 7. The highest BCUT2D eigenvalue weighted by Gasteiger charge is 2.32. The van der Waals surface area contributed by atoms with Crippen LogP contribution in [0.25, 0.3) is 5.57 Å². The molecule has 4 rings (SSSR count). The van der Waals surface area contributed by atoms with Crippen LogP contribution in [0.15, 0.2) is 58.3 Å². The smallest absolute Gasteiger partial charge is 0.260 e. The minimum absolute atomic E-state index is 0.162. The van der Waals surface area contributed by atoms with Crippen LogP contribution in [0, 0.1) is 0 Å². The van der Waals surface area contributed by atoms with Gasteiger partial charge in [-0.2, -0.15) is 0 Å². The Hall–Kier alpha value is -2.94. The summed E-state index contributed by atoms with van der Waals surface area (Å²) in [5.74, 6) is 1.54. The molecule has 1 aromatic rings. The Morgan fingerprint density at radius 1 is 1.32 bits per heavy atom. The average Bonchev–Trinajstić information content (AvgIpc) is 3.36. The summed E-state index contributed by atoms with van der Waals surface area (Å²) in [7, 11) is 0.